The fraction of sp³-hybridized carbons (Fsp3) is 0.412. The standard InChI is InChI=1S/C34H39N3O2S/c38-34(39)30-16-18-37(19-17-30)22-33-36-32(23-40-33)29-14-12-28(13-15-29)31-20-25(21-35-31)7-6-24-8-10-27(11-9-24)26-4-2-1-3-5-26/h8-15,20-21,23,26,30,35H,1-7,16-19,22H2,(H,38,39). The molecule has 2 fully saturated rings. The quantitative estimate of drug-likeness (QED) is 0.221. The van der Waals surface area contributed by atoms with E-state index in [2.05, 4.69) is 76.1 Å². The first-order valence-corrected chi connectivity index (χ1v) is 15.8. The lowest BCUT2D eigenvalue weighted by Crippen LogP contribution is -2.35. The van der Waals surface area contributed by atoms with E-state index in [0.717, 1.165) is 73.2 Å². The van der Waals surface area contributed by atoms with Gasteiger partial charge in [-0.3, -0.25) is 9.69 Å². The number of carbonyl (C=O) groups is 1. The number of aromatic amines is 1. The van der Waals surface area contributed by atoms with Crippen molar-refractivity contribution in [2.75, 3.05) is 13.1 Å². The maximum absolute atomic E-state index is 11.2. The molecule has 6 heteroatoms. The highest BCUT2D eigenvalue weighted by Gasteiger charge is 2.25. The molecule has 0 spiro atoms. The van der Waals surface area contributed by atoms with Crippen molar-refractivity contribution in [3.8, 4) is 22.5 Å². The molecule has 2 N–H and O–H groups in total. The van der Waals surface area contributed by atoms with Gasteiger partial charge in [-0.15, -0.1) is 11.3 Å². The monoisotopic (exact) mass is 553 g/mol. The second kappa shape index (κ2) is 12.5. The van der Waals surface area contributed by atoms with Crippen LogP contribution in [0, 0.1) is 5.92 Å². The Labute approximate surface area is 241 Å². The average molecular weight is 554 g/mol. The van der Waals surface area contributed by atoms with Gasteiger partial charge in [0.2, 0.25) is 0 Å². The van der Waals surface area contributed by atoms with Gasteiger partial charge >= 0.3 is 5.97 Å². The van der Waals surface area contributed by atoms with Crippen molar-refractivity contribution in [1.82, 2.24) is 14.9 Å². The molecule has 0 atom stereocenters. The summed E-state index contributed by atoms with van der Waals surface area (Å²) < 4.78 is 0. The van der Waals surface area contributed by atoms with Gasteiger partial charge in [-0.1, -0.05) is 67.8 Å². The van der Waals surface area contributed by atoms with Crippen LogP contribution in [0.2, 0.25) is 0 Å². The predicted molar refractivity (Wildman–Crippen MR) is 163 cm³/mol. The Morgan fingerprint density at radius 1 is 0.900 bits per heavy atom. The Morgan fingerprint density at radius 3 is 2.33 bits per heavy atom. The molecule has 40 heavy (non-hydrogen) atoms. The Bertz CT molecular complexity index is 1390. The van der Waals surface area contributed by atoms with Gasteiger partial charge in [-0.2, -0.15) is 0 Å². The van der Waals surface area contributed by atoms with E-state index in [-0.39, 0.29) is 5.92 Å². The molecule has 1 saturated heterocycles. The van der Waals surface area contributed by atoms with Crippen molar-refractivity contribution < 1.29 is 9.90 Å². The molecule has 2 aromatic carbocycles. The number of carboxylic acids is 1. The van der Waals surface area contributed by atoms with E-state index in [1.54, 1.807) is 11.3 Å². The summed E-state index contributed by atoms with van der Waals surface area (Å²) in [5.74, 6) is -0.0837. The van der Waals surface area contributed by atoms with Crippen LogP contribution in [0.1, 0.15) is 72.6 Å². The minimum absolute atomic E-state index is 0.194. The van der Waals surface area contributed by atoms with Crippen molar-refractivity contribution in [1.29, 1.82) is 0 Å². The third-order valence-corrected chi connectivity index (χ3v) is 9.67. The Kier molecular flexibility index (Phi) is 8.45. The van der Waals surface area contributed by atoms with Crippen LogP contribution in [-0.4, -0.2) is 39.0 Å². The summed E-state index contributed by atoms with van der Waals surface area (Å²) in [6, 6.07) is 20.3. The Morgan fingerprint density at radius 2 is 1.60 bits per heavy atom. The molecule has 3 heterocycles. The highest BCUT2D eigenvalue weighted by atomic mass is 32.1. The van der Waals surface area contributed by atoms with Crippen LogP contribution in [0.15, 0.2) is 66.2 Å². The van der Waals surface area contributed by atoms with Crippen LogP contribution in [0.25, 0.3) is 22.5 Å². The molecular weight excluding hydrogens is 514 g/mol. The number of hydrogen-bond donors (Lipinski definition) is 2. The molecule has 2 aromatic heterocycles. The fourth-order valence-corrected chi connectivity index (χ4v) is 7.14. The van der Waals surface area contributed by atoms with Crippen LogP contribution in [0.4, 0.5) is 0 Å². The lowest BCUT2D eigenvalue weighted by atomic mass is 9.84. The molecule has 0 amide bonds. The highest BCUT2D eigenvalue weighted by molar-refractivity contribution is 7.09. The van der Waals surface area contributed by atoms with Crippen LogP contribution >= 0.6 is 11.3 Å². The smallest absolute Gasteiger partial charge is 0.306 e. The van der Waals surface area contributed by atoms with E-state index in [9.17, 15) is 9.90 Å². The maximum Gasteiger partial charge on any atom is 0.306 e. The highest BCUT2D eigenvalue weighted by Crippen LogP contribution is 2.33. The Hall–Kier alpha value is -3.22. The van der Waals surface area contributed by atoms with Crippen LogP contribution < -0.4 is 0 Å². The number of carboxylic acid groups (broad SMARTS) is 1. The molecule has 208 valence electrons. The molecule has 1 aliphatic carbocycles. The second-order valence-electron chi connectivity index (χ2n) is 11.6. The van der Waals surface area contributed by atoms with Crippen molar-refractivity contribution in [2.24, 2.45) is 5.92 Å². The number of benzene rings is 2. The summed E-state index contributed by atoms with van der Waals surface area (Å²) in [5.41, 5.74) is 8.75. The summed E-state index contributed by atoms with van der Waals surface area (Å²) in [5, 5.41) is 12.4. The topological polar surface area (TPSA) is 69.2 Å². The lowest BCUT2D eigenvalue weighted by Gasteiger charge is -2.29. The van der Waals surface area contributed by atoms with Crippen molar-refractivity contribution in [3.05, 3.63) is 87.9 Å². The van der Waals surface area contributed by atoms with Gasteiger partial charge in [0.05, 0.1) is 18.2 Å². The first-order valence-electron chi connectivity index (χ1n) is 14.9. The van der Waals surface area contributed by atoms with E-state index in [1.807, 2.05) is 0 Å². The minimum atomic E-state index is -0.662. The maximum atomic E-state index is 11.2. The number of hydrogen-bond acceptors (Lipinski definition) is 4. The molecular formula is C34H39N3O2S. The molecule has 5 nitrogen and oxygen atoms in total. The number of piperidine rings is 1. The molecule has 6 rings (SSSR count). The zero-order valence-corrected chi connectivity index (χ0v) is 24.0. The molecule has 1 saturated carbocycles. The molecule has 2 aliphatic rings. The number of aromatic nitrogens is 2. The minimum Gasteiger partial charge on any atom is -0.481 e. The van der Waals surface area contributed by atoms with Gasteiger partial charge in [0.25, 0.3) is 0 Å². The number of aliphatic carboxylic acids is 1. The van der Waals surface area contributed by atoms with Crippen molar-refractivity contribution in [3.63, 3.8) is 0 Å². The van der Waals surface area contributed by atoms with E-state index in [1.165, 1.54) is 54.4 Å². The number of nitrogens with zero attached hydrogens (tertiary/aromatic N) is 2. The number of nitrogens with one attached hydrogen (secondary N) is 1. The summed E-state index contributed by atoms with van der Waals surface area (Å²) in [6.45, 7) is 2.45. The lowest BCUT2D eigenvalue weighted by molar-refractivity contribution is -0.143. The number of thiazole rings is 1. The zero-order valence-electron chi connectivity index (χ0n) is 23.1. The van der Waals surface area contributed by atoms with Crippen LogP contribution in [0.5, 0.6) is 0 Å². The van der Waals surface area contributed by atoms with Gasteiger partial charge in [0.1, 0.15) is 5.01 Å². The third-order valence-electron chi connectivity index (χ3n) is 8.84. The summed E-state index contributed by atoms with van der Waals surface area (Å²) in [4.78, 5) is 21.9. The summed E-state index contributed by atoms with van der Waals surface area (Å²) >= 11 is 1.69. The third kappa shape index (κ3) is 6.56. The zero-order chi connectivity index (χ0) is 27.3. The SMILES string of the molecule is O=C(O)C1CCN(Cc2nc(-c3ccc(-c4cc(CCc5ccc(C6CCCCC6)cc5)c[nH]4)cc3)cs2)CC1. The van der Waals surface area contributed by atoms with E-state index in [4.69, 9.17) is 4.98 Å². The first kappa shape index (κ1) is 27.0. The predicted octanol–water partition coefficient (Wildman–Crippen LogP) is 7.93. The van der Waals surface area contributed by atoms with Crippen molar-refractivity contribution >= 4 is 17.3 Å². The Balaban J connectivity index is 1.01. The van der Waals surface area contributed by atoms with Crippen LogP contribution in [0.3, 0.4) is 0 Å². The first-order chi connectivity index (χ1) is 19.6. The van der Waals surface area contributed by atoms with Gasteiger partial charge in [0.15, 0.2) is 0 Å². The average Bonchev–Trinajstić information content (AvgIpc) is 3.67. The number of H-pyrrole nitrogens is 1. The normalized spacial score (nSPS) is 17.3. The number of likely N-dealkylation sites (tertiary alicyclic amines) is 1. The molecule has 0 bridgehead atoms. The molecule has 0 radical (unpaired) electrons. The fourth-order valence-electron chi connectivity index (χ4n) is 6.30. The van der Waals surface area contributed by atoms with E-state index < -0.39 is 5.97 Å². The largest absolute Gasteiger partial charge is 0.481 e. The van der Waals surface area contributed by atoms with Crippen LogP contribution in [-0.2, 0) is 24.2 Å². The van der Waals surface area contributed by atoms with Gasteiger partial charge in [0, 0.05) is 22.8 Å². The molecule has 1 aliphatic heterocycles. The number of aryl methyl sites for hydroxylation is 2. The van der Waals surface area contributed by atoms with Gasteiger partial charge in [-0.05, 0) is 85.9 Å². The van der Waals surface area contributed by atoms with E-state index in [0.29, 0.717) is 0 Å². The van der Waals surface area contributed by atoms with Gasteiger partial charge < -0.3 is 10.1 Å². The van der Waals surface area contributed by atoms with Crippen molar-refractivity contribution in [2.45, 2.75) is 70.3 Å². The second-order valence-corrected chi connectivity index (χ2v) is 12.5. The number of rotatable bonds is 9. The summed E-state index contributed by atoms with van der Waals surface area (Å²) in [6.07, 6.45) is 12.6. The summed E-state index contributed by atoms with van der Waals surface area (Å²) in [7, 11) is 0. The molecule has 0 unspecified atom stereocenters. The van der Waals surface area contributed by atoms with Gasteiger partial charge in [-0.25, -0.2) is 4.98 Å². The van der Waals surface area contributed by atoms with E-state index >= 15 is 0 Å². The molecule has 4 aromatic rings.